The van der Waals surface area contributed by atoms with Crippen LogP contribution >= 0.6 is 0 Å². The minimum atomic E-state index is 0.00151. The van der Waals surface area contributed by atoms with E-state index in [1.165, 1.54) is 0 Å². The molecule has 0 rings (SSSR count). The largest absolute Gasteiger partial charge is 0.380 e. The summed E-state index contributed by atoms with van der Waals surface area (Å²) in [5.41, 5.74) is 0. The molecule has 68 valence electrons. The second-order valence-corrected chi connectivity index (χ2v) is 2.43. The topological polar surface area (TPSA) is 41.9 Å². The summed E-state index contributed by atoms with van der Waals surface area (Å²) in [6.07, 6.45) is 0.00151. The zero-order chi connectivity index (χ0) is 8.69. The molecule has 0 saturated carbocycles. The van der Waals surface area contributed by atoms with E-state index in [9.17, 15) is 0 Å². The van der Waals surface area contributed by atoms with Gasteiger partial charge in [-0.3, -0.25) is 10.0 Å². The molecule has 0 aromatic rings. The molecule has 0 aromatic carbocycles. The average molecular weight is 163 g/mol. The maximum Gasteiger partial charge on any atom is 0.0763 e. The molecule has 4 heteroatoms. The van der Waals surface area contributed by atoms with Crippen LogP contribution in [0.4, 0.5) is 0 Å². The molecule has 1 N–H and O–H groups in total. The van der Waals surface area contributed by atoms with Gasteiger partial charge >= 0.3 is 0 Å². The Hall–Kier alpha value is -0.160. The van der Waals surface area contributed by atoms with Crippen LogP contribution in [0.25, 0.3) is 0 Å². The summed E-state index contributed by atoms with van der Waals surface area (Å²) in [5.74, 6) is 0. The molecule has 0 bridgehead atoms. The van der Waals surface area contributed by atoms with Crippen molar-refractivity contribution in [1.82, 2.24) is 5.23 Å². The van der Waals surface area contributed by atoms with Crippen molar-refractivity contribution in [2.75, 3.05) is 19.8 Å². The summed E-state index contributed by atoms with van der Waals surface area (Å²) in [6, 6.07) is 0. The number of hydrogen-bond acceptors (Lipinski definition) is 4. The summed E-state index contributed by atoms with van der Waals surface area (Å²) in [5, 5.41) is 9.78. The van der Waals surface area contributed by atoms with Crippen LogP contribution in [-0.4, -0.2) is 36.3 Å². The van der Waals surface area contributed by atoms with Crippen LogP contribution in [0.2, 0.25) is 0 Å². The monoisotopic (exact) mass is 163 g/mol. The molecule has 0 aromatic heterocycles. The summed E-state index contributed by atoms with van der Waals surface area (Å²) < 4.78 is 5.00. The Morgan fingerprint density at radius 1 is 1.45 bits per heavy atom. The molecule has 0 unspecified atom stereocenters. The minimum absolute atomic E-state index is 0.00151. The van der Waals surface area contributed by atoms with Crippen molar-refractivity contribution in [2.45, 2.75) is 26.9 Å². The van der Waals surface area contributed by atoms with Gasteiger partial charge in [-0.1, -0.05) is 5.23 Å². The van der Waals surface area contributed by atoms with Gasteiger partial charge in [-0.25, -0.2) is 0 Å². The van der Waals surface area contributed by atoms with Crippen molar-refractivity contribution in [3.8, 4) is 0 Å². The van der Waals surface area contributed by atoms with Crippen molar-refractivity contribution in [1.29, 1.82) is 0 Å². The highest BCUT2D eigenvalue weighted by Crippen LogP contribution is 1.91. The lowest BCUT2D eigenvalue weighted by molar-refractivity contribution is -0.357. The van der Waals surface area contributed by atoms with E-state index in [4.69, 9.17) is 14.8 Å². The van der Waals surface area contributed by atoms with Gasteiger partial charge in [0.1, 0.15) is 0 Å². The maximum atomic E-state index is 8.98. The van der Waals surface area contributed by atoms with Crippen molar-refractivity contribution >= 4 is 0 Å². The van der Waals surface area contributed by atoms with Crippen LogP contribution in [0.1, 0.15) is 20.8 Å². The molecule has 0 atom stereocenters. The number of hydroxylamine groups is 2. The fourth-order valence-corrected chi connectivity index (χ4v) is 0.583. The van der Waals surface area contributed by atoms with Crippen LogP contribution in [0.15, 0.2) is 0 Å². The Balaban J connectivity index is 3.15. The van der Waals surface area contributed by atoms with E-state index in [1.54, 1.807) is 0 Å². The molecule has 0 spiro atoms. The van der Waals surface area contributed by atoms with E-state index in [0.717, 1.165) is 5.23 Å². The lowest BCUT2D eigenvalue weighted by Crippen LogP contribution is -2.27. The van der Waals surface area contributed by atoms with Gasteiger partial charge in [0.05, 0.1) is 19.3 Å². The van der Waals surface area contributed by atoms with Gasteiger partial charge in [0.15, 0.2) is 0 Å². The molecular weight excluding hydrogens is 146 g/mol. The third-order valence-corrected chi connectivity index (χ3v) is 0.964. The van der Waals surface area contributed by atoms with Gasteiger partial charge < -0.3 is 4.74 Å². The van der Waals surface area contributed by atoms with E-state index in [-0.39, 0.29) is 6.10 Å². The van der Waals surface area contributed by atoms with Crippen LogP contribution in [0.3, 0.4) is 0 Å². The third kappa shape index (κ3) is 7.74. The number of ether oxygens (including phenoxy) is 1. The Morgan fingerprint density at radius 3 is 2.55 bits per heavy atom. The Bertz CT molecular complexity index is 87.8. The summed E-state index contributed by atoms with van der Waals surface area (Å²) in [4.78, 5) is 4.91. The van der Waals surface area contributed by atoms with E-state index in [1.807, 2.05) is 20.8 Å². The maximum absolute atomic E-state index is 8.98. The highest BCUT2D eigenvalue weighted by Gasteiger charge is 2.02. The normalized spacial score (nSPS) is 11.5. The van der Waals surface area contributed by atoms with Gasteiger partial charge in [-0.15, -0.1) is 0 Å². The first-order chi connectivity index (χ1) is 5.16. The second-order valence-electron chi connectivity index (χ2n) is 2.43. The van der Waals surface area contributed by atoms with Crippen molar-refractivity contribution < 1.29 is 14.8 Å². The average Bonchev–Trinajstić information content (AvgIpc) is 1.86. The van der Waals surface area contributed by atoms with Crippen molar-refractivity contribution in [3.63, 3.8) is 0 Å². The van der Waals surface area contributed by atoms with Crippen molar-refractivity contribution in [3.05, 3.63) is 0 Å². The lowest BCUT2D eigenvalue weighted by atomic mass is 10.5. The molecule has 11 heavy (non-hydrogen) atoms. The molecule has 0 aliphatic rings. The molecule has 0 heterocycles. The fraction of sp³-hybridized carbons (Fsp3) is 1.00. The third-order valence-electron chi connectivity index (χ3n) is 0.964. The fourth-order valence-electron chi connectivity index (χ4n) is 0.583. The highest BCUT2D eigenvalue weighted by molar-refractivity contribution is 4.34. The molecule has 0 amide bonds. The van der Waals surface area contributed by atoms with Gasteiger partial charge in [0.25, 0.3) is 0 Å². The standard InChI is InChI=1S/C7H17NO3/c1-4-10-6-5-8(9)11-7(2)3/h7,9H,4-6H2,1-3H3. The van der Waals surface area contributed by atoms with E-state index >= 15 is 0 Å². The predicted molar refractivity (Wildman–Crippen MR) is 41.2 cm³/mol. The van der Waals surface area contributed by atoms with E-state index < -0.39 is 0 Å². The molecule has 0 aliphatic carbocycles. The summed E-state index contributed by atoms with van der Waals surface area (Å²) in [7, 11) is 0. The Labute approximate surface area is 67.6 Å². The molecule has 0 radical (unpaired) electrons. The minimum Gasteiger partial charge on any atom is -0.380 e. The first kappa shape index (κ1) is 10.8. The van der Waals surface area contributed by atoms with Gasteiger partial charge in [0.2, 0.25) is 0 Å². The molecule has 0 fully saturated rings. The smallest absolute Gasteiger partial charge is 0.0763 e. The summed E-state index contributed by atoms with van der Waals surface area (Å²) in [6.45, 7) is 7.14. The SMILES string of the molecule is CCOCCN(O)OC(C)C. The molecule has 4 nitrogen and oxygen atoms in total. The summed E-state index contributed by atoms with van der Waals surface area (Å²) >= 11 is 0. The number of rotatable bonds is 6. The van der Waals surface area contributed by atoms with E-state index in [2.05, 4.69) is 0 Å². The quantitative estimate of drug-likeness (QED) is 0.469. The van der Waals surface area contributed by atoms with Crippen molar-refractivity contribution in [2.24, 2.45) is 0 Å². The van der Waals surface area contributed by atoms with Gasteiger partial charge in [-0.05, 0) is 20.8 Å². The second kappa shape index (κ2) is 6.54. The Kier molecular flexibility index (Phi) is 6.45. The molecular formula is C7H17NO3. The number of hydrogen-bond donors (Lipinski definition) is 1. The lowest BCUT2D eigenvalue weighted by Gasteiger charge is -2.16. The van der Waals surface area contributed by atoms with Crippen LogP contribution < -0.4 is 0 Å². The zero-order valence-electron chi connectivity index (χ0n) is 7.41. The Morgan fingerprint density at radius 2 is 2.09 bits per heavy atom. The van der Waals surface area contributed by atoms with Gasteiger partial charge in [0, 0.05) is 6.61 Å². The van der Waals surface area contributed by atoms with Crippen LogP contribution in [0.5, 0.6) is 0 Å². The number of nitrogens with zero attached hydrogens (tertiary/aromatic N) is 1. The first-order valence-electron chi connectivity index (χ1n) is 3.87. The first-order valence-corrected chi connectivity index (χ1v) is 3.87. The zero-order valence-corrected chi connectivity index (χ0v) is 7.41. The molecule has 0 aliphatic heterocycles. The molecule has 0 saturated heterocycles. The predicted octanol–water partition coefficient (Wildman–Crippen LogP) is 1.05. The van der Waals surface area contributed by atoms with Crippen LogP contribution in [0, 0.1) is 0 Å². The highest BCUT2D eigenvalue weighted by atomic mass is 16.9. The van der Waals surface area contributed by atoms with E-state index in [0.29, 0.717) is 19.8 Å². The van der Waals surface area contributed by atoms with Gasteiger partial charge in [-0.2, -0.15) is 0 Å². The van der Waals surface area contributed by atoms with Crippen LogP contribution in [-0.2, 0) is 9.57 Å².